The second kappa shape index (κ2) is 10.6. The normalized spacial score (nSPS) is 16.7. The van der Waals surface area contributed by atoms with Crippen LogP contribution in [0.25, 0.3) is 10.9 Å². The Morgan fingerprint density at radius 2 is 1.89 bits per heavy atom. The maximum absolute atomic E-state index is 13.2. The first kappa shape index (κ1) is 23.6. The number of benzene rings is 3. The molecule has 6 nitrogen and oxygen atoms in total. The second-order valence-electron chi connectivity index (χ2n) is 9.12. The molecule has 3 N–H and O–H groups in total. The zero-order valence-electron chi connectivity index (χ0n) is 20.1. The fourth-order valence-corrected chi connectivity index (χ4v) is 4.74. The van der Waals surface area contributed by atoms with Crippen molar-refractivity contribution in [1.29, 1.82) is 0 Å². The number of likely N-dealkylation sites (tertiary alicyclic amines) is 1. The van der Waals surface area contributed by atoms with Gasteiger partial charge in [0.25, 0.3) is 0 Å². The van der Waals surface area contributed by atoms with Gasteiger partial charge in [0, 0.05) is 22.7 Å². The molecule has 3 aromatic carbocycles. The molecule has 0 spiro atoms. The molecule has 0 bridgehead atoms. The van der Waals surface area contributed by atoms with Gasteiger partial charge in [0.15, 0.2) is 0 Å². The van der Waals surface area contributed by atoms with Gasteiger partial charge in [-0.05, 0) is 80.4 Å². The largest absolute Gasteiger partial charge is 0.329 e. The molecule has 4 aromatic rings. The number of piperidine rings is 1. The first-order chi connectivity index (χ1) is 17.6. The SMILES string of the molecule is CN1CCCCC1C(NC(=O)Nc1ccc2n[nH]c(C#Cc3ccc(F)cc3)c2c1)c1ccccc1. The molecule has 1 aromatic heterocycles. The van der Waals surface area contributed by atoms with Gasteiger partial charge in [0.2, 0.25) is 0 Å². The quantitative estimate of drug-likeness (QED) is 0.340. The van der Waals surface area contributed by atoms with Gasteiger partial charge in [0.1, 0.15) is 11.5 Å². The van der Waals surface area contributed by atoms with Crippen molar-refractivity contribution in [1.82, 2.24) is 20.4 Å². The van der Waals surface area contributed by atoms with Gasteiger partial charge in [-0.2, -0.15) is 5.10 Å². The zero-order valence-corrected chi connectivity index (χ0v) is 20.1. The Morgan fingerprint density at radius 3 is 2.67 bits per heavy atom. The first-order valence-electron chi connectivity index (χ1n) is 12.2. The third-order valence-corrected chi connectivity index (χ3v) is 6.64. The number of aromatic amines is 1. The van der Waals surface area contributed by atoms with Crippen LogP contribution in [0.5, 0.6) is 0 Å². The highest BCUT2D eigenvalue weighted by molar-refractivity contribution is 5.94. The third kappa shape index (κ3) is 5.40. The van der Waals surface area contributed by atoms with Crippen LogP contribution >= 0.6 is 0 Å². The maximum atomic E-state index is 13.2. The number of halogens is 1. The third-order valence-electron chi connectivity index (χ3n) is 6.64. The average molecular weight is 482 g/mol. The summed E-state index contributed by atoms with van der Waals surface area (Å²) in [6.45, 7) is 1.02. The van der Waals surface area contributed by atoms with E-state index in [2.05, 4.69) is 56.8 Å². The summed E-state index contributed by atoms with van der Waals surface area (Å²) in [6, 6.07) is 21.5. The van der Waals surface area contributed by atoms with Crippen LogP contribution in [0.15, 0.2) is 72.8 Å². The summed E-state index contributed by atoms with van der Waals surface area (Å²) in [6.07, 6.45) is 3.37. The standard InChI is InChI=1S/C29H28FN5O/c1-35-18-6-5-9-27(35)28(21-7-3-2-4-8-21)32-29(36)31-23-15-17-26-24(19-23)25(33-34-26)16-12-20-10-13-22(30)14-11-20/h2-4,7-8,10-11,13-15,17,19,27-28H,5-6,9,18H2,1H3,(H,33,34)(H2,31,32,36). The smallest absolute Gasteiger partial charge is 0.319 e. The lowest BCUT2D eigenvalue weighted by atomic mass is 9.91. The van der Waals surface area contributed by atoms with E-state index in [0.29, 0.717) is 16.9 Å². The van der Waals surface area contributed by atoms with Gasteiger partial charge >= 0.3 is 6.03 Å². The van der Waals surface area contributed by atoms with Crippen LogP contribution in [0.3, 0.4) is 0 Å². The van der Waals surface area contributed by atoms with E-state index in [0.717, 1.165) is 35.9 Å². The number of hydrogen-bond acceptors (Lipinski definition) is 3. The highest BCUT2D eigenvalue weighted by Gasteiger charge is 2.30. The van der Waals surface area contributed by atoms with Gasteiger partial charge in [-0.3, -0.25) is 5.10 Å². The van der Waals surface area contributed by atoms with Crippen LogP contribution in [0, 0.1) is 17.7 Å². The Balaban J connectivity index is 1.34. The molecule has 0 aliphatic carbocycles. The molecule has 0 saturated carbocycles. The number of H-pyrrole nitrogens is 1. The van der Waals surface area contributed by atoms with E-state index in [1.165, 1.54) is 18.6 Å². The number of urea groups is 1. The van der Waals surface area contributed by atoms with E-state index in [9.17, 15) is 9.18 Å². The summed E-state index contributed by atoms with van der Waals surface area (Å²) in [5.41, 5.74) is 3.82. The minimum absolute atomic E-state index is 0.119. The van der Waals surface area contributed by atoms with Crippen LogP contribution in [0.1, 0.15) is 42.1 Å². The summed E-state index contributed by atoms with van der Waals surface area (Å²) in [5.74, 6) is 5.78. The van der Waals surface area contributed by atoms with E-state index in [-0.39, 0.29) is 23.9 Å². The molecule has 5 rings (SSSR count). The number of amides is 2. The molecule has 2 amide bonds. The van der Waals surface area contributed by atoms with Crippen molar-refractivity contribution in [3.8, 4) is 11.8 Å². The maximum Gasteiger partial charge on any atom is 0.319 e. The van der Waals surface area contributed by atoms with Gasteiger partial charge in [-0.1, -0.05) is 42.7 Å². The average Bonchev–Trinajstić information content (AvgIpc) is 3.30. The van der Waals surface area contributed by atoms with Crippen LogP contribution in [-0.2, 0) is 0 Å². The zero-order chi connectivity index (χ0) is 24.9. The number of likely N-dealkylation sites (N-methyl/N-ethyl adjacent to an activating group) is 1. The monoisotopic (exact) mass is 481 g/mol. The Kier molecular flexibility index (Phi) is 6.96. The summed E-state index contributed by atoms with van der Waals surface area (Å²) in [5, 5.41) is 14.2. The summed E-state index contributed by atoms with van der Waals surface area (Å²) >= 11 is 0. The Bertz CT molecular complexity index is 1400. The predicted molar refractivity (Wildman–Crippen MR) is 140 cm³/mol. The Morgan fingerprint density at radius 1 is 1.08 bits per heavy atom. The van der Waals surface area contributed by atoms with Crippen LogP contribution < -0.4 is 10.6 Å². The number of anilines is 1. The summed E-state index contributed by atoms with van der Waals surface area (Å²) in [4.78, 5) is 15.5. The van der Waals surface area contributed by atoms with Crippen molar-refractivity contribution in [2.45, 2.75) is 31.3 Å². The molecule has 36 heavy (non-hydrogen) atoms. The van der Waals surface area contributed by atoms with E-state index in [1.54, 1.807) is 12.1 Å². The number of fused-ring (bicyclic) bond motifs is 1. The van der Waals surface area contributed by atoms with Crippen molar-refractivity contribution < 1.29 is 9.18 Å². The van der Waals surface area contributed by atoms with E-state index < -0.39 is 0 Å². The minimum atomic E-state index is -0.300. The van der Waals surface area contributed by atoms with E-state index in [4.69, 9.17) is 0 Å². The molecular weight excluding hydrogens is 453 g/mol. The molecule has 1 saturated heterocycles. The second-order valence-corrected chi connectivity index (χ2v) is 9.12. The van der Waals surface area contributed by atoms with Crippen LogP contribution in [0.2, 0.25) is 0 Å². The van der Waals surface area contributed by atoms with Gasteiger partial charge < -0.3 is 15.5 Å². The van der Waals surface area contributed by atoms with Gasteiger partial charge in [-0.15, -0.1) is 0 Å². The van der Waals surface area contributed by atoms with E-state index >= 15 is 0 Å². The fourth-order valence-electron chi connectivity index (χ4n) is 4.74. The Labute approximate surface area is 209 Å². The molecule has 1 aliphatic rings. The number of carbonyl (C=O) groups excluding carboxylic acids is 1. The molecule has 7 heteroatoms. The number of nitrogens with zero attached hydrogens (tertiary/aromatic N) is 2. The number of rotatable bonds is 4. The first-order valence-corrected chi connectivity index (χ1v) is 12.2. The minimum Gasteiger partial charge on any atom is -0.329 e. The molecular formula is C29H28FN5O. The van der Waals surface area contributed by atoms with Crippen molar-refractivity contribution in [3.63, 3.8) is 0 Å². The van der Waals surface area contributed by atoms with E-state index in [1.807, 2.05) is 36.4 Å². The highest BCUT2D eigenvalue weighted by atomic mass is 19.1. The lowest BCUT2D eigenvalue weighted by molar-refractivity contribution is 0.147. The number of hydrogen-bond donors (Lipinski definition) is 3. The number of carbonyl (C=O) groups is 1. The van der Waals surface area contributed by atoms with Crippen LogP contribution in [-0.4, -0.2) is 40.8 Å². The fraction of sp³-hybridized carbons (Fsp3) is 0.241. The van der Waals surface area contributed by atoms with Crippen molar-refractivity contribution in [2.24, 2.45) is 0 Å². The van der Waals surface area contributed by atoms with Gasteiger partial charge in [-0.25, -0.2) is 9.18 Å². The summed E-state index contributed by atoms with van der Waals surface area (Å²) in [7, 11) is 2.13. The van der Waals surface area contributed by atoms with Gasteiger partial charge in [0.05, 0.1) is 11.6 Å². The van der Waals surface area contributed by atoms with Crippen molar-refractivity contribution in [2.75, 3.05) is 18.9 Å². The molecule has 2 atom stereocenters. The molecule has 182 valence electrons. The van der Waals surface area contributed by atoms with Crippen molar-refractivity contribution in [3.05, 3.63) is 95.4 Å². The summed E-state index contributed by atoms with van der Waals surface area (Å²) < 4.78 is 13.2. The lowest BCUT2D eigenvalue weighted by Crippen LogP contribution is -2.47. The topological polar surface area (TPSA) is 73.1 Å². The predicted octanol–water partition coefficient (Wildman–Crippen LogP) is 5.45. The lowest BCUT2D eigenvalue weighted by Gasteiger charge is -2.38. The Hall–Kier alpha value is -4.15. The molecule has 2 heterocycles. The molecule has 1 aliphatic heterocycles. The van der Waals surface area contributed by atoms with Crippen molar-refractivity contribution >= 4 is 22.6 Å². The molecule has 0 radical (unpaired) electrons. The highest BCUT2D eigenvalue weighted by Crippen LogP contribution is 2.28. The number of aromatic nitrogens is 2. The number of nitrogens with one attached hydrogen (secondary N) is 3. The van der Waals surface area contributed by atoms with Crippen LogP contribution in [0.4, 0.5) is 14.9 Å². The molecule has 1 fully saturated rings. The molecule has 2 unspecified atom stereocenters.